The van der Waals surface area contributed by atoms with Crippen LogP contribution >= 0.6 is 12.4 Å². The van der Waals surface area contributed by atoms with Crippen molar-refractivity contribution in [2.45, 2.75) is 31.7 Å². The van der Waals surface area contributed by atoms with Gasteiger partial charge in [0.15, 0.2) is 0 Å². The molecule has 2 atom stereocenters. The molecule has 0 radical (unpaired) electrons. The first-order chi connectivity index (χ1) is 13.0. The van der Waals surface area contributed by atoms with Crippen molar-refractivity contribution in [3.05, 3.63) is 54.1 Å². The molecule has 4 N–H and O–H groups in total. The van der Waals surface area contributed by atoms with E-state index >= 15 is 0 Å². The molecule has 150 valence electrons. The van der Waals surface area contributed by atoms with Crippen LogP contribution in [-0.2, 0) is 4.79 Å². The molecule has 0 bridgehead atoms. The van der Waals surface area contributed by atoms with Gasteiger partial charge in [-0.2, -0.15) is 0 Å². The predicted molar refractivity (Wildman–Crippen MR) is 113 cm³/mol. The zero-order valence-corrected chi connectivity index (χ0v) is 16.6. The summed E-state index contributed by atoms with van der Waals surface area (Å²) in [5.41, 5.74) is 7.90. The van der Waals surface area contributed by atoms with Crippen LogP contribution in [-0.4, -0.2) is 25.0 Å². The van der Waals surface area contributed by atoms with Crippen molar-refractivity contribution in [1.82, 2.24) is 0 Å². The van der Waals surface area contributed by atoms with Crippen LogP contribution in [0, 0.1) is 5.92 Å². The number of methoxy groups -OCH3 is 1. The largest absolute Gasteiger partial charge is 0.497 e. The van der Waals surface area contributed by atoms with Gasteiger partial charge in [-0.25, -0.2) is 0 Å². The molecule has 0 unspecified atom stereocenters. The minimum absolute atomic E-state index is 0. The topological polar surface area (TPSA) is 93.5 Å². The summed E-state index contributed by atoms with van der Waals surface area (Å²) in [7, 11) is 1.59. The molecule has 0 spiro atoms. The molecule has 28 heavy (non-hydrogen) atoms. The number of rotatable bonds is 6. The van der Waals surface area contributed by atoms with Crippen LogP contribution in [0.3, 0.4) is 0 Å². The Morgan fingerprint density at radius 2 is 1.61 bits per heavy atom. The summed E-state index contributed by atoms with van der Waals surface area (Å²) in [6.45, 7) is 0. The van der Waals surface area contributed by atoms with E-state index in [1.165, 1.54) is 0 Å². The standard InChI is InChI=1S/C21H25N3O3.ClH/c1-27-18-11-9-17(10-12-18)24-21(26)14-5-7-16(8-6-14)23-20(25)13-15-3-2-4-19(15)22;/h5-12,15,19H,2-4,13,22H2,1H3,(H,23,25)(H,24,26);1H/t15-,19+;/m0./s1. The third-order valence-corrected chi connectivity index (χ3v) is 4.94. The zero-order valence-electron chi connectivity index (χ0n) is 15.8. The van der Waals surface area contributed by atoms with Crippen molar-refractivity contribution in [3.63, 3.8) is 0 Å². The van der Waals surface area contributed by atoms with Gasteiger partial charge in [-0.1, -0.05) is 6.42 Å². The van der Waals surface area contributed by atoms with E-state index in [1.54, 1.807) is 55.6 Å². The SMILES string of the molecule is COc1ccc(NC(=O)c2ccc(NC(=O)C[C@@H]3CCC[C@H]3N)cc2)cc1.Cl. The van der Waals surface area contributed by atoms with Crippen LogP contribution in [0.5, 0.6) is 5.75 Å². The van der Waals surface area contributed by atoms with Gasteiger partial charge in [0.05, 0.1) is 7.11 Å². The van der Waals surface area contributed by atoms with E-state index in [-0.39, 0.29) is 36.2 Å². The Hall–Kier alpha value is -2.57. The summed E-state index contributed by atoms with van der Waals surface area (Å²) >= 11 is 0. The number of carbonyl (C=O) groups excluding carboxylic acids is 2. The van der Waals surface area contributed by atoms with Crippen LogP contribution in [0.4, 0.5) is 11.4 Å². The van der Waals surface area contributed by atoms with Gasteiger partial charge in [-0.05, 0) is 67.3 Å². The molecule has 1 fully saturated rings. The number of ether oxygens (including phenoxy) is 1. The summed E-state index contributed by atoms with van der Waals surface area (Å²) in [5, 5.41) is 5.70. The van der Waals surface area contributed by atoms with Gasteiger partial charge in [0, 0.05) is 29.4 Å². The number of carbonyl (C=O) groups is 2. The van der Waals surface area contributed by atoms with E-state index in [1.807, 2.05) is 0 Å². The summed E-state index contributed by atoms with van der Waals surface area (Å²) in [6.07, 6.45) is 3.55. The first kappa shape index (κ1) is 21.7. The van der Waals surface area contributed by atoms with Crippen LogP contribution in [0.2, 0.25) is 0 Å². The van der Waals surface area contributed by atoms with E-state index in [0.717, 1.165) is 25.0 Å². The third kappa shape index (κ3) is 5.71. The minimum Gasteiger partial charge on any atom is -0.497 e. The highest BCUT2D eigenvalue weighted by Crippen LogP contribution is 2.27. The number of hydrogen-bond acceptors (Lipinski definition) is 4. The number of nitrogens with two attached hydrogens (primary N) is 1. The highest BCUT2D eigenvalue weighted by Gasteiger charge is 2.26. The monoisotopic (exact) mass is 403 g/mol. The lowest BCUT2D eigenvalue weighted by Gasteiger charge is -2.14. The molecule has 2 amide bonds. The summed E-state index contributed by atoms with van der Waals surface area (Å²) < 4.78 is 5.10. The van der Waals surface area contributed by atoms with Crippen LogP contribution in [0.25, 0.3) is 0 Å². The molecule has 7 heteroatoms. The van der Waals surface area contributed by atoms with Crippen molar-refractivity contribution in [3.8, 4) is 5.75 Å². The Kier molecular flexibility index (Phi) is 7.84. The Morgan fingerprint density at radius 1 is 1.00 bits per heavy atom. The molecule has 2 aromatic rings. The minimum atomic E-state index is -0.213. The second-order valence-electron chi connectivity index (χ2n) is 6.87. The van der Waals surface area contributed by atoms with E-state index in [9.17, 15) is 9.59 Å². The fraction of sp³-hybridized carbons (Fsp3) is 0.333. The van der Waals surface area contributed by atoms with E-state index in [4.69, 9.17) is 10.5 Å². The molecular weight excluding hydrogens is 378 g/mol. The highest BCUT2D eigenvalue weighted by atomic mass is 35.5. The zero-order chi connectivity index (χ0) is 19.2. The molecule has 2 aromatic carbocycles. The number of anilines is 2. The average Bonchev–Trinajstić information content (AvgIpc) is 3.07. The van der Waals surface area contributed by atoms with Gasteiger partial charge in [0.2, 0.25) is 5.91 Å². The van der Waals surface area contributed by atoms with Crippen LogP contribution < -0.4 is 21.1 Å². The molecule has 1 saturated carbocycles. The molecule has 0 aromatic heterocycles. The average molecular weight is 404 g/mol. The van der Waals surface area contributed by atoms with Gasteiger partial charge >= 0.3 is 0 Å². The second-order valence-corrected chi connectivity index (χ2v) is 6.87. The Bertz CT molecular complexity index is 794. The first-order valence-electron chi connectivity index (χ1n) is 9.16. The maximum atomic E-state index is 12.3. The predicted octanol–water partition coefficient (Wildman–Crippen LogP) is 3.83. The smallest absolute Gasteiger partial charge is 0.255 e. The molecule has 0 heterocycles. The molecule has 3 rings (SSSR count). The van der Waals surface area contributed by atoms with Gasteiger partial charge < -0.3 is 21.1 Å². The van der Waals surface area contributed by atoms with Crippen molar-refractivity contribution in [2.75, 3.05) is 17.7 Å². The highest BCUT2D eigenvalue weighted by molar-refractivity contribution is 6.04. The van der Waals surface area contributed by atoms with Gasteiger partial charge in [-0.15, -0.1) is 12.4 Å². The molecule has 6 nitrogen and oxygen atoms in total. The van der Waals surface area contributed by atoms with E-state index < -0.39 is 0 Å². The maximum absolute atomic E-state index is 12.3. The normalized spacial score (nSPS) is 18.1. The quantitative estimate of drug-likeness (QED) is 0.683. The summed E-state index contributed by atoms with van der Waals surface area (Å²) in [6, 6.07) is 14.1. The van der Waals surface area contributed by atoms with Crippen molar-refractivity contribution in [1.29, 1.82) is 0 Å². The lowest BCUT2D eigenvalue weighted by Crippen LogP contribution is -2.28. The Balaban J connectivity index is 0.00000280. The fourth-order valence-electron chi connectivity index (χ4n) is 3.35. The third-order valence-electron chi connectivity index (χ3n) is 4.94. The molecule has 1 aliphatic carbocycles. The molecule has 0 aliphatic heterocycles. The number of amides is 2. The number of benzene rings is 2. The summed E-state index contributed by atoms with van der Waals surface area (Å²) in [5.74, 6) is 0.744. The fourth-order valence-corrected chi connectivity index (χ4v) is 3.35. The second kappa shape index (κ2) is 10.1. The lowest BCUT2D eigenvalue weighted by atomic mass is 10.00. The van der Waals surface area contributed by atoms with Gasteiger partial charge in [0.1, 0.15) is 5.75 Å². The van der Waals surface area contributed by atoms with Crippen molar-refractivity contribution in [2.24, 2.45) is 11.7 Å². The van der Waals surface area contributed by atoms with Gasteiger partial charge in [-0.3, -0.25) is 9.59 Å². The van der Waals surface area contributed by atoms with Crippen LogP contribution in [0.15, 0.2) is 48.5 Å². The van der Waals surface area contributed by atoms with Crippen molar-refractivity contribution < 1.29 is 14.3 Å². The summed E-state index contributed by atoms with van der Waals surface area (Å²) in [4.78, 5) is 24.5. The van der Waals surface area contributed by atoms with E-state index in [2.05, 4.69) is 10.6 Å². The first-order valence-corrected chi connectivity index (χ1v) is 9.16. The molecule has 1 aliphatic rings. The van der Waals surface area contributed by atoms with E-state index in [0.29, 0.717) is 23.4 Å². The van der Waals surface area contributed by atoms with Crippen molar-refractivity contribution >= 4 is 35.6 Å². The van der Waals surface area contributed by atoms with Gasteiger partial charge in [0.25, 0.3) is 5.91 Å². The van der Waals surface area contributed by atoms with Crippen LogP contribution in [0.1, 0.15) is 36.0 Å². The number of nitrogens with one attached hydrogen (secondary N) is 2. The number of hydrogen-bond donors (Lipinski definition) is 3. The number of halogens is 1. The Labute approximate surface area is 171 Å². The lowest BCUT2D eigenvalue weighted by molar-refractivity contribution is -0.117. The maximum Gasteiger partial charge on any atom is 0.255 e. The molecular formula is C21H26ClN3O3. The Morgan fingerprint density at radius 3 is 2.18 bits per heavy atom. The molecule has 0 saturated heterocycles.